The second-order valence-electron chi connectivity index (χ2n) is 6.06. The van der Waals surface area contributed by atoms with Gasteiger partial charge in [-0.05, 0) is 44.1 Å². The number of fused-ring (bicyclic) bond motifs is 1. The van der Waals surface area contributed by atoms with E-state index in [4.69, 9.17) is 20.9 Å². The number of hydrogen-bond donors (Lipinski definition) is 0. The Bertz CT molecular complexity index is 805. The molecular weight excluding hydrogens is 361 g/mol. The molecule has 0 amide bonds. The Morgan fingerprint density at radius 2 is 2.00 bits per heavy atom. The molecule has 5 nitrogen and oxygen atoms in total. The molecular formula is C18H19ClNO4P. The first kappa shape index (κ1) is 18.1. The van der Waals surface area contributed by atoms with E-state index in [9.17, 15) is 9.69 Å². The normalized spacial score (nSPS) is 16.8. The van der Waals surface area contributed by atoms with Crippen LogP contribution in [0.3, 0.4) is 0 Å². The summed E-state index contributed by atoms with van der Waals surface area (Å²) in [4.78, 5) is 24.3. The first-order valence-electron chi connectivity index (χ1n) is 8.28. The standard InChI is InChI=1S/C18H19ClNO4P/c1-12(18(21)23-14-7-3-4-8-14)20-25(22)24-17-15-9-5-2-6-13(15)10-11-16(17)19/h2,5-6,9-12,14H,3-4,7-8H2,1H3/t12-/m0/s1. The predicted octanol–water partition coefficient (Wildman–Crippen LogP) is 4.60. The summed E-state index contributed by atoms with van der Waals surface area (Å²) in [6, 6.07) is 10.2. The molecule has 0 bridgehead atoms. The molecule has 1 aliphatic rings. The number of carbonyl (C=O) groups excluding carboxylic acids is 1. The Hall–Kier alpha value is -1.68. The Balaban J connectivity index is 1.72. The van der Waals surface area contributed by atoms with Crippen molar-refractivity contribution < 1.29 is 18.9 Å². The van der Waals surface area contributed by atoms with Gasteiger partial charge in [0.1, 0.15) is 6.10 Å². The van der Waals surface area contributed by atoms with E-state index in [2.05, 4.69) is 4.74 Å². The molecule has 0 heterocycles. The first-order chi connectivity index (χ1) is 12.0. The molecule has 3 rings (SSSR count). The number of carbonyl (C=O) groups is 1. The molecule has 1 unspecified atom stereocenters. The van der Waals surface area contributed by atoms with Crippen LogP contribution in [0.4, 0.5) is 0 Å². The van der Waals surface area contributed by atoms with E-state index in [1.54, 1.807) is 13.0 Å². The van der Waals surface area contributed by atoms with Crippen LogP contribution in [0.2, 0.25) is 5.02 Å². The maximum Gasteiger partial charge on any atom is 0.395 e. The number of nitrogens with zero attached hydrogens (tertiary/aromatic N) is 1. The number of ether oxygens (including phenoxy) is 1. The second kappa shape index (κ2) is 8.13. The average Bonchev–Trinajstić information content (AvgIpc) is 3.10. The fraction of sp³-hybridized carbons (Fsp3) is 0.389. The van der Waals surface area contributed by atoms with Gasteiger partial charge in [0, 0.05) is 5.39 Å². The summed E-state index contributed by atoms with van der Waals surface area (Å²) < 4.78 is 14.7. The minimum Gasteiger partial charge on any atom is -0.575 e. The van der Waals surface area contributed by atoms with Crippen molar-refractivity contribution in [2.75, 3.05) is 0 Å². The molecule has 0 aliphatic heterocycles. The minimum absolute atomic E-state index is 0.0449. The molecule has 2 atom stereocenters. The first-order valence-corrected chi connectivity index (χ1v) is 9.79. The largest absolute Gasteiger partial charge is 0.575 e. The van der Waals surface area contributed by atoms with Gasteiger partial charge in [0.15, 0.2) is 6.04 Å². The van der Waals surface area contributed by atoms with Crippen LogP contribution < -0.4 is 9.42 Å². The van der Waals surface area contributed by atoms with E-state index >= 15 is 0 Å². The van der Waals surface area contributed by atoms with Crippen LogP contribution >= 0.6 is 19.8 Å². The molecule has 2 aromatic carbocycles. The molecule has 132 valence electrons. The maximum atomic E-state index is 12.3. The van der Waals surface area contributed by atoms with Gasteiger partial charge < -0.3 is 9.63 Å². The molecule has 0 aromatic heterocycles. The molecule has 0 saturated heterocycles. The van der Waals surface area contributed by atoms with Gasteiger partial charge in [-0.1, -0.05) is 46.7 Å². The smallest absolute Gasteiger partial charge is 0.395 e. The second-order valence-corrected chi connectivity index (χ2v) is 7.36. The number of rotatable bonds is 5. The van der Waals surface area contributed by atoms with E-state index in [0.29, 0.717) is 10.8 Å². The summed E-state index contributed by atoms with van der Waals surface area (Å²) in [5, 5.41) is 2.01. The summed E-state index contributed by atoms with van der Waals surface area (Å²) in [6.07, 6.45) is 3.86. The molecule has 0 radical (unpaired) electrons. The molecule has 25 heavy (non-hydrogen) atoms. The predicted molar refractivity (Wildman–Crippen MR) is 96.7 cm³/mol. The van der Waals surface area contributed by atoms with Crippen LogP contribution in [-0.4, -0.2) is 18.1 Å². The van der Waals surface area contributed by atoms with E-state index in [1.165, 1.54) is 0 Å². The monoisotopic (exact) mass is 379 g/mol. The molecule has 1 fully saturated rings. The van der Waals surface area contributed by atoms with Crippen LogP contribution in [0.1, 0.15) is 32.6 Å². The maximum absolute atomic E-state index is 12.3. The molecule has 0 spiro atoms. The number of hydrogen-bond acceptors (Lipinski definition) is 5. The molecule has 1 aliphatic carbocycles. The molecule has 7 heteroatoms. The Kier molecular flexibility index (Phi) is 5.89. The van der Waals surface area contributed by atoms with Crippen molar-refractivity contribution in [3.8, 4) is 5.75 Å². The number of halogens is 1. The van der Waals surface area contributed by atoms with Crippen molar-refractivity contribution in [2.45, 2.75) is 44.8 Å². The van der Waals surface area contributed by atoms with E-state index in [1.807, 2.05) is 30.3 Å². The van der Waals surface area contributed by atoms with Gasteiger partial charge in [-0.2, -0.15) is 0 Å². The lowest BCUT2D eigenvalue weighted by atomic mass is 10.1. The zero-order valence-corrected chi connectivity index (χ0v) is 15.5. The van der Waals surface area contributed by atoms with Crippen LogP contribution in [0.5, 0.6) is 5.75 Å². The molecule has 2 aromatic rings. The van der Waals surface area contributed by atoms with Crippen molar-refractivity contribution in [3.05, 3.63) is 41.4 Å². The molecule has 0 N–H and O–H groups in total. The van der Waals surface area contributed by atoms with Gasteiger partial charge in [-0.3, -0.25) is 4.52 Å². The summed E-state index contributed by atoms with van der Waals surface area (Å²) in [6.45, 7) is 1.55. The van der Waals surface area contributed by atoms with Gasteiger partial charge in [0.2, 0.25) is 5.75 Å². The Morgan fingerprint density at radius 3 is 2.76 bits per heavy atom. The van der Waals surface area contributed by atoms with Crippen molar-refractivity contribution in [1.82, 2.24) is 0 Å². The molecule has 1 saturated carbocycles. The highest BCUT2D eigenvalue weighted by molar-refractivity contribution is 7.34. The zero-order chi connectivity index (χ0) is 17.8. The van der Waals surface area contributed by atoms with Crippen molar-refractivity contribution in [1.29, 1.82) is 0 Å². The lowest BCUT2D eigenvalue weighted by Gasteiger charge is -2.12. The Morgan fingerprint density at radius 1 is 1.28 bits per heavy atom. The summed E-state index contributed by atoms with van der Waals surface area (Å²) in [5.74, 6) is -0.163. The zero-order valence-electron chi connectivity index (χ0n) is 13.9. The third-order valence-electron chi connectivity index (χ3n) is 4.19. The van der Waals surface area contributed by atoms with Crippen LogP contribution in [-0.2, 0) is 9.53 Å². The van der Waals surface area contributed by atoms with Crippen LogP contribution in [0, 0.1) is 0 Å². The lowest BCUT2D eigenvalue weighted by molar-refractivity contribution is -0.170. The summed E-state index contributed by atoms with van der Waals surface area (Å²) >= 11 is 6.17. The van der Waals surface area contributed by atoms with Crippen molar-refractivity contribution in [2.24, 2.45) is 4.74 Å². The van der Waals surface area contributed by atoms with E-state index in [0.717, 1.165) is 36.5 Å². The van der Waals surface area contributed by atoms with Gasteiger partial charge in [0.05, 0.1) is 5.02 Å². The van der Waals surface area contributed by atoms with Crippen LogP contribution in [0.15, 0.2) is 41.1 Å². The number of benzene rings is 2. The van der Waals surface area contributed by atoms with Gasteiger partial charge >= 0.3 is 14.1 Å². The highest BCUT2D eigenvalue weighted by atomic mass is 35.5. The van der Waals surface area contributed by atoms with Gasteiger partial charge in [-0.25, -0.2) is 4.79 Å². The quantitative estimate of drug-likeness (QED) is 0.562. The van der Waals surface area contributed by atoms with Gasteiger partial charge in [0.25, 0.3) is 0 Å². The lowest BCUT2D eigenvalue weighted by Crippen LogP contribution is -2.23. The van der Waals surface area contributed by atoms with Crippen molar-refractivity contribution in [3.63, 3.8) is 0 Å². The van der Waals surface area contributed by atoms with Gasteiger partial charge in [-0.15, -0.1) is 0 Å². The highest BCUT2D eigenvalue weighted by Gasteiger charge is 2.25. The fourth-order valence-corrected chi connectivity index (χ4v) is 3.90. The van der Waals surface area contributed by atoms with Crippen LogP contribution in [0.25, 0.3) is 10.8 Å². The summed E-state index contributed by atoms with van der Waals surface area (Å²) in [5.41, 5.74) is 0. The highest BCUT2D eigenvalue weighted by Crippen LogP contribution is 2.38. The third kappa shape index (κ3) is 4.49. The summed E-state index contributed by atoms with van der Waals surface area (Å²) in [7, 11) is -2.45. The van der Waals surface area contributed by atoms with E-state index < -0.39 is 20.2 Å². The fourth-order valence-electron chi connectivity index (χ4n) is 2.87. The minimum atomic E-state index is -2.45. The SMILES string of the molecule is C[C@H](/N=[P+](\[O-])Oc1c(Cl)ccc2ccccc12)C(=O)OC1CCCC1. The van der Waals surface area contributed by atoms with E-state index in [-0.39, 0.29) is 6.10 Å². The average molecular weight is 380 g/mol. The third-order valence-corrected chi connectivity index (χ3v) is 5.37. The Labute approximate surface area is 152 Å². The van der Waals surface area contributed by atoms with Crippen molar-refractivity contribution >= 4 is 36.5 Å². The number of esters is 1. The topological polar surface area (TPSA) is 71.0 Å².